The molecule has 0 aromatic carbocycles. The molecule has 90 valence electrons. The first-order valence-corrected chi connectivity index (χ1v) is 6.75. The van der Waals surface area contributed by atoms with Gasteiger partial charge in [0.1, 0.15) is 11.0 Å². The monoisotopic (exact) mass is 447 g/mol. The molecule has 15 heavy (non-hydrogen) atoms. The first-order chi connectivity index (χ1) is 6.70. The topological polar surface area (TPSA) is 17.8 Å². The molecule has 0 radical (unpaired) electrons. The number of imidazole rings is 1. The maximum atomic E-state index is 6.04. The second kappa shape index (κ2) is 8.00. The van der Waals surface area contributed by atoms with Crippen molar-refractivity contribution in [2.24, 2.45) is 0 Å². The van der Waals surface area contributed by atoms with Gasteiger partial charge in [0.15, 0.2) is 5.15 Å². The van der Waals surface area contributed by atoms with Gasteiger partial charge in [-0.3, -0.25) is 0 Å². The van der Waals surface area contributed by atoms with Gasteiger partial charge in [0.05, 0.1) is 5.75 Å². The zero-order valence-corrected chi connectivity index (χ0v) is 13.3. The van der Waals surface area contributed by atoms with E-state index in [1.54, 1.807) is 11.8 Å². The summed E-state index contributed by atoms with van der Waals surface area (Å²) >= 11 is 13.6. The fourth-order valence-electron chi connectivity index (χ4n) is 1.23. The third-order valence-corrected chi connectivity index (χ3v) is 3.24. The van der Waals surface area contributed by atoms with Crippen LogP contribution in [0.5, 0.6) is 0 Å². The molecule has 0 saturated heterocycles. The second-order valence-corrected chi connectivity index (χ2v) is 4.63. The predicted octanol–water partition coefficient (Wildman–Crippen LogP) is 3.85. The fourth-order valence-corrected chi connectivity index (χ4v) is 2.13. The summed E-state index contributed by atoms with van der Waals surface area (Å²) in [7, 11) is 0. The molecule has 0 atom stereocenters. The zero-order valence-electron chi connectivity index (χ0n) is 8.70. The minimum Gasteiger partial charge on any atom is -0.317 e. The smallest absolute Gasteiger partial charge is 0.166 e. The first kappa shape index (κ1) is 15.8. The van der Waals surface area contributed by atoms with Gasteiger partial charge in [-0.2, -0.15) is 11.8 Å². The molecule has 0 spiro atoms. The van der Waals surface area contributed by atoms with Gasteiger partial charge in [-0.15, -0.1) is 0 Å². The van der Waals surface area contributed by atoms with E-state index in [-0.39, 0.29) is 21.1 Å². The van der Waals surface area contributed by atoms with Crippen LogP contribution in [0.15, 0.2) is 0 Å². The van der Waals surface area contributed by atoms with Crippen LogP contribution in [0.3, 0.4) is 0 Å². The number of hydrogen-bond donors (Lipinski definition) is 0. The number of thioether (sulfide) groups is 1. The second-order valence-electron chi connectivity index (χ2n) is 3.05. The van der Waals surface area contributed by atoms with Crippen molar-refractivity contribution in [3.05, 3.63) is 16.1 Å². The third kappa shape index (κ3) is 4.30. The van der Waals surface area contributed by atoms with Crippen molar-refractivity contribution in [3.63, 3.8) is 0 Å². The van der Waals surface area contributed by atoms with Crippen molar-refractivity contribution in [1.82, 2.24) is 9.55 Å². The van der Waals surface area contributed by atoms with E-state index in [1.165, 1.54) is 0 Å². The number of unbranched alkanes of at least 4 members (excludes halogenated alkanes) is 1. The molecule has 0 aliphatic rings. The van der Waals surface area contributed by atoms with Crippen LogP contribution in [0.2, 0.25) is 10.3 Å². The molecule has 0 fully saturated rings. The summed E-state index contributed by atoms with van der Waals surface area (Å²) in [6.07, 6.45) is 4.29. The van der Waals surface area contributed by atoms with Crippen LogP contribution in [-0.2, 0) is 33.4 Å². The summed E-state index contributed by atoms with van der Waals surface area (Å²) < 4.78 is 2.00. The summed E-state index contributed by atoms with van der Waals surface area (Å²) in [4.78, 5) is 4.23. The average Bonchev–Trinajstić information content (AvgIpc) is 2.42. The van der Waals surface area contributed by atoms with Crippen LogP contribution in [-0.4, -0.2) is 15.8 Å². The number of halogens is 2. The number of nitrogens with zero attached hydrogens (tertiary/aromatic N) is 2. The Bertz CT molecular complexity index is 305. The number of rotatable bonds is 5. The molecular weight excluding hydrogens is 434 g/mol. The SMILES string of the molecule is CCCCn1c(CSC)nc(Cl)c1Cl.[Pt]. The fraction of sp³-hybridized carbons (Fsp3) is 0.667. The van der Waals surface area contributed by atoms with Gasteiger partial charge in [0.2, 0.25) is 0 Å². The minimum atomic E-state index is 0. The van der Waals surface area contributed by atoms with Crippen LogP contribution in [0.25, 0.3) is 0 Å². The Labute approximate surface area is 119 Å². The van der Waals surface area contributed by atoms with Crippen molar-refractivity contribution in [2.45, 2.75) is 32.1 Å². The standard InChI is InChI=1S/C9H14Cl2N2S.Pt/c1-3-4-5-13-7(6-14-2)12-8(10)9(13)11;/h3-6H2,1-2H3;. The molecule has 2 nitrogen and oxygen atoms in total. The summed E-state index contributed by atoms with van der Waals surface area (Å²) in [5.74, 6) is 1.83. The van der Waals surface area contributed by atoms with E-state index in [0.29, 0.717) is 10.3 Å². The van der Waals surface area contributed by atoms with Crippen LogP contribution in [0.4, 0.5) is 0 Å². The Hall–Kier alpha value is 0.828. The normalized spacial score (nSPS) is 10.1. The first-order valence-electron chi connectivity index (χ1n) is 4.60. The van der Waals surface area contributed by atoms with Crippen molar-refractivity contribution < 1.29 is 21.1 Å². The molecule has 0 unspecified atom stereocenters. The number of aromatic nitrogens is 2. The van der Waals surface area contributed by atoms with E-state index in [2.05, 4.69) is 11.9 Å². The van der Waals surface area contributed by atoms with Gasteiger partial charge < -0.3 is 4.57 Å². The summed E-state index contributed by atoms with van der Waals surface area (Å²) in [6.45, 7) is 3.06. The van der Waals surface area contributed by atoms with E-state index in [0.717, 1.165) is 31.0 Å². The van der Waals surface area contributed by atoms with Crippen molar-refractivity contribution in [2.75, 3.05) is 6.26 Å². The van der Waals surface area contributed by atoms with Gasteiger partial charge in [-0.05, 0) is 12.7 Å². The largest absolute Gasteiger partial charge is 0.317 e. The average molecular weight is 448 g/mol. The van der Waals surface area contributed by atoms with Gasteiger partial charge >= 0.3 is 0 Å². The Kier molecular flexibility index (Phi) is 8.44. The minimum absolute atomic E-state index is 0. The number of hydrogen-bond acceptors (Lipinski definition) is 2. The molecule has 1 heterocycles. The molecule has 6 heteroatoms. The maximum Gasteiger partial charge on any atom is 0.166 e. The molecule has 0 aliphatic heterocycles. The molecule has 1 aromatic rings. The molecule has 0 N–H and O–H groups in total. The zero-order chi connectivity index (χ0) is 10.6. The van der Waals surface area contributed by atoms with Crippen molar-refractivity contribution >= 4 is 35.0 Å². The van der Waals surface area contributed by atoms with Crippen LogP contribution >= 0.6 is 35.0 Å². The van der Waals surface area contributed by atoms with E-state index in [9.17, 15) is 0 Å². The van der Waals surface area contributed by atoms with Crippen molar-refractivity contribution in [1.29, 1.82) is 0 Å². The quantitative estimate of drug-likeness (QED) is 0.682. The molecule has 0 bridgehead atoms. The molecule has 1 rings (SSSR count). The molecule has 0 amide bonds. The van der Waals surface area contributed by atoms with Gasteiger partial charge in [-0.1, -0.05) is 36.5 Å². The Morgan fingerprint density at radius 3 is 2.60 bits per heavy atom. The van der Waals surface area contributed by atoms with Gasteiger partial charge in [0, 0.05) is 27.6 Å². The molecule has 1 aromatic heterocycles. The maximum absolute atomic E-state index is 6.04. The van der Waals surface area contributed by atoms with Crippen LogP contribution in [0, 0.1) is 0 Å². The van der Waals surface area contributed by atoms with Gasteiger partial charge in [0.25, 0.3) is 0 Å². The Balaban J connectivity index is 0.00000196. The molecule has 0 aliphatic carbocycles. The summed E-state index contributed by atoms with van der Waals surface area (Å²) in [6, 6.07) is 0. The van der Waals surface area contributed by atoms with Crippen LogP contribution in [0.1, 0.15) is 25.6 Å². The molecule has 0 saturated carbocycles. The van der Waals surface area contributed by atoms with Gasteiger partial charge in [-0.25, -0.2) is 4.98 Å². The van der Waals surface area contributed by atoms with Crippen LogP contribution < -0.4 is 0 Å². The third-order valence-electron chi connectivity index (χ3n) is 1.95. The predicted molar refractivity (Wildman–Crippen MR) is 64.4 cm³/mol. The van der Waals surface area contributed by atoms with E-state index >= 15 is 0 Å². The molecular formula is C9H14Cl2N2PtS. The van der Waals surface area contributed by atoms with E-state index in [4.69, 9.17) is 23.2 Å². The Morgan fingerprint density at radius 1 is 1.40 bits per heavy atom. The Morgan fingerprint density at radius 2 is 2.07 bits per heavy atom. The van der Waals surface area contributed by atoms with E-state index in [1.807, 2.05) is 10.8 Å². The summed E-state index contributed by atoms with van der Waals surface area (Å²) in [5.41, 5.74) is 0. The van der Waals surface area contributed by atoms with E-state index < -0.39 is 0 Å². The summed E-state index contributed by atoms with van der Waals surface area (Å²) in [5, 5.41) is 0.996. The van der Waals surface area contributed by atoms with Crippen molar-refractivity contribution in [3.8, 4) is 0 Å².